The van der Waals surface area contributed by atoms with Crippen molar-refractivity contribution < 1.29 is 0 Å². The van der Waals surface area contributed by atoms with Crippen LogP contribution in [0.4, 0.5) is 0 Å². The molecule has 1 heteroatoms. The Morgan fingerprint density at radius 1 is 1.33 bits per heavy atom. The van der Waals surface area contributed by atoms with Crippen LogP contribution in [0.25, 0.3) is 0 Å². The van der Waals surface area contributed by atoms with Gasteiger partial charge in [0.25, 0.3) is 0 Å². The summed E-state index contributed by atoms with van der Waals surface area (Å²) in [6.07, 6.45) is 11.5. The molecule has 94 valence electrons. The van der Waals surface area contributed by atoms with Gasteiger partial charge in [0.05, 0.1) is 0 Å². The van der Waals surface area contributed by atoms with Gasteiger partial charge in [0.1, 0.15) is 0 Å². The molecule has 1 N–H and O–H groups in total. The number of benzene rings is 1. The Hall–Kier alpha value is -1.76. The summed E-state index contributed by atoms with van der Waals surface area (Å²) in [7, 11) is 0. The maximum atomic E-state index is 3.86. The highest BCUT2D eigenvalue weighted by molar-refractivity contribution is 5.31. The van der Waals surface area contributed by atoms with Crippen LogP contribution in [-0.2, 0) is 12.8 Å². The zero-order chi connectivity index (χ0) is 12.8. The Morgan fingerprint density at radius 3 is 2.83 bits per heavy atom. The molecule has 1 aliphatic rings. The second-order valence-electron chi connectivity index (χ2n) is 4.70. The first kappa shape index (κ1) is 12.7. The number of aryl methyl sites for hydroxylation is 1. The first-order valence-corrected chi connectivity index (χ1v) is 6.62. The molecule has 0 heterocycles. The van der Waals surface area contributed by atoms with Crippen LogP contribution in [0, 0.1) is 0 Å². The van der Waals surface area contributed by atoms with Crippen molar-refractivity contribution in [3.8, 4) is 0 Å². The molecule has 1 nitrogen and oxygen atoms in total. The monoisotopic (exact) mass is 239 g/mol. The van der Waals surface area contributed by atoms with Gasteiger partial charge in [-0.1, -0.05) is 43.0 Å². The third kappa shape index (κ3) is 3.13. The molecule has 0 spiro atoms. The summed E-state index contributed by atoms with van der Waals surface area (Å²) < 4.78 is 0. The van der Waals surface area contributed by atoms with Crippen molar-refractivity contribution in [3.63, 3.8) is 0 Å². The molecular formula is C17H21N. The third-order valence-electron chi connectivity index (χ3n) is 3.41. The third-order valence-corrected chi connectivity index (χ3v) is 3.41. The smallest absolute Gasteiger partial charge is 0.0336 e. The van der Waals surface area contributed by atoms with E-state index in [4.69, 9.17) is 0 Å². The zero-order valence-electron chi connectivity index (χ0n) is 11.0. The van der Waals surface area contributed by atoms with Gasteiger partial charge in [0, 0.05) is 11.7 Å². The number of fused-ring (bicyclic) bond motifs is 1. The Balaban J connectivity index is 2.03. The highest BCUT2D eigenvalue weighted by Gasteiger charge is 2.17. The van der Waals surface area contributed by atoms with E-state index < -0.39 is 0 Å². The average Bonchev–Trinajstić information content (AvgIpc) is 2.43. The molecule has 0 amide bonds. The van der Waals surface area contributed by atoms with E-state index in [1.165, 1.54) is 24.0 Å². The largest absolute Gasteiger partial charge is 0.382 e. The molecular weight excluding hydrogens is 218 g/mol. The van der Waals surface area contributed by atoms with Crippen LogP contribution in [0.2, 0.25) is 0 Å². The molecule has 0 saturated carbocycles. The minimum atomic E-state index is 0.523. The minimum absolute atomic E-state index is 0.523. The summed E-state index contributed by atoms with van der Waals surface area (Å²) in [6, 6.07) is 9.27. The highest BCUT2D eigenvalue weighted by Crippen LogP contribution is 2.21. The van der Waals surface area contributed by atoms with Crippen LogP contribution in [0.1, 0.15) is 24.5 Å². The fraction of sp³-hybridized carbons (Fsp3) is 0.294. The van der Waals surface area contributed by atoms with Crippen LogP contribution in [0.3, 0.4) is 0 Å². The Labute approximate surface area is 110 Å². The van der Waals surface area contributed by atoms with E-state index in [2.05, 4.69) is 42.2 Å². The quantitative estimate of drug-likeness (QED) is 0.788. The molecule has 1 aliphatic carbocycles. The number of hydrogen-bond acceptors (Lipinski definition) is 1. The topological polar surface area (TPSA) is 12.0 Å². The molecule has 1 aromatic rings. The van der Waals surface area contributed by atoms with E-state index in [1.807, 2.05) is 25.2 Å². The van der Waals surface area contributed by atoms with Gasteiger partial charge in [-0.05, 0) is 49.5 Å². The van der Waals surface area contributed by atoms with Gasteiger partial charge in [-0.3, -0.25) is 0 Å². The maximum absolute atomic E-state index is 3.86. The predicted octanol–water partition coefficient (Wildman–Crippen LogP) is 3.78. The maximum Gasteiger partial charge on any atom is 0.0336 e. The minimum Gasteiger partial charge on any atom is -0.382 e. The summed E-state index contributed by atoms with van der Waals surface area (Å²) >= 11 is 0. The van der Waals surface area contributed by atoms with Gasteiger partial charge < -0.3 is 5.32 Å². The first-order valence-electron chi connectivity index (χ1n) is 6.62. The fourth-order valence-electron chi connectivity index (χ4n) is 2.43. The number of nitrogens with one attached hydrogen (secondary N) is 1. The molecule has 0 aliphatic heterocycles. The van der Waals surface area contributed by atoms with Crippen LogP contribution in [-0.4, -0.2) is 6.04 Å². The van der Waals surface area contributed by atoms with Crippen molar-refractivity contribution in [3.05, 3.63) is 72.0 Å². The summed E-state index contributed by atoms with van der Waals surface area (Å²) in [5.74, 6) is 0. The standard InChI is InChI=1S/C17H21N/c1-3-5-10-16(4-2)18-17-12-11-14-8-6-7-9-15(14)13-17/h3-10,17-18H,2,11-13H2,1H3/b5-3-,16-10+. The summed E-state index contributed by atoms with van der Waals surface area (Å²) in [5, 5.41) is 3.57. The molecule has 0 saturated heterocycles. The molecule has 2 rings (SSSR count). The van der Waals surface area contributed by atoms with Gasteiger partial charge in [-0.2, -0.15) is 0 Å². The molecule has 18 heavy (non-hydrogen) atoms. The molecule has 0 bridgehead atoms. The lowest BCUT2D eigenvalue weighted by Gasteiger charge is -2.26. The van der Waals surface area contributed by atoms with Gasteiger partial charge in [-0.15, -0.1) is 0 Å². The molecule has 1 unspecified atom stereocenters. The first-order chi connectivity index (χ1) is 8.83. The number of rotatable bonds is 4. The van der Waals surface area contributed by atoms with Gasteiger partial charge in [0.15, 0.2) is 0 Å². The Morgan fingerprint density at radius 2 is 2.11 bits per heavy atom. The SMILES string of the molecule is C=C/C(=C\C=C/C)NC1CCc2ccccc2C1. The second-order valence-corrected chi connectivity index (χ2v) is 4.70. The van der Waals surface area contributed by atoms with Gasteiger partial charge >= 0.3 is 0 Å². The van der Waals surface area contributed by atoms with E-state index in [0.29, 0.717) is 6.04 Å². The predicted molar refractivity (Wildman–Crippen MR) is 78.5 cm³/mol. The lowest BCUT2D eigenvalue weighted by Crippen LogP contribution is -2.33. The van der Waals surface area contributed by atoms with E-state index in [0.717, 1.165) is 12.1 Å². The van der Waals surface area contributed by atoms with Crippen molar-refractivity contribution in [2.45, 2.75) is 32.2 Å². The lowest BCUT2D eigenvalue weighted by atomic mass is 9.88. The molecule has 0 fully saturated rings. The van der Waals surface area contributed by atoms with Crippen molar-refractivity contribution in [2.75, 3.05) is 0 Å². The summed E-state index contributed by atoms with van der Waals surface area (Å²) in [4.78, 5) is 0. The van der Waals surface area contributed by atoms with Crippen LogP contribution in [0.15, 0.2) is 60.8 Å². The lowest BCUT2D eigenvalue weighted by molar-refractivity contribution is 0.504. The van der Waals surface area contributed by atoms with Gasteiger partial charge in [-0.25, -0.2) is 0 Å². The van der Waals surface area contributed by atoms with Crippen LogP contribution >= 0.6 is 0 Å². The zero-order valence-corrected chi connectivity index (χ0v) is 11.0. The van der Waals surface area contributed by atoms with Crippen LogP contribution in [0.5, 0.6) is 0 Å². The fourth-order valence-corrected chi connectivity index (χ4v) is 2.43. The number of hydrogen-bond donors (Lipinski definition) is 1. The summed E-state index contributed by atoms with van der Waals surface area (Å²) in [5.41, 5.74) is 4.10. The molecule has 1 atom stereocenters. The van der Waals surface area contributed by atoms with E-state index in [-0.39, 0.29) is 0 Å². The number of allylic oxidation sites excluding steroid dienone is 4. The van der Waals surface area contributed by atoms with Gasteiger partial charge in [0.2, 0.25) is 0 Å². The van der Waals surface area contributed by atoms with Crippen molar-refractivity contribution in [1.29, 1.82) is 0 Å². The Kier molecular flexibility index (Phi) is 4.40. The second kappa shape index (κ2) is 6.25. The van der Waals surface area contributed by atoms with Crippen molar-refractivity contribution >= 4 is 0 Å². The molecule has 0 aromatic heterocycles. The van der Waals surface area contributed by atoms with Crippen molar-refractivity contribution in [2.24, 2.45) is 0 Å². The van der Waals surface area contributed by atoms with Crippen molar-refractivity contribution in [1.82, 2.24) is 5.32 Å². The van der Waals surface area contributed by atoms with Crippen LogP contribution < -0.4 is 5.32 Å². The molecule has 1 aromatic carbocycles. The summed E-state index contributed by atoms with van der Waals surface area (Å²) in [6.45, 7) is 5.88. The highest BCUT2D eigenvalue weighted by atomic mass is 14.9. The van der Waals surface area contributed by atoms with E-state index >= 15 is 0 Å². The average molecular weight is 239 g/mol. The normalized spacial score (nSPS) is 19.6. The Bertz CT molecular complexity index is 468. The van der Waals surface area contributed by atoms with E-state index in [9.17, 15) is 0 Å². The molecule has 0 radical (unpaired) electrons. The van der Waals surface area contributed by atoms with E-state index in [1.54, 1.807) is 0 Å².